The molecule has 0 spiro atoms. The molecule has 0 aliphatic rings. The summed E-state index contributed by atoms with van der Waals surface area (Å²) in [6.45, 7) is 2.11. The van der Waals surface area contributed by atoms with Gasteiger partial charge in [-0.15, -0.1) is 11.3 Å². The molecule has 108 valence electrons. The van der Waals surface area contributed by atoms with E-state index in [2.05, 4.69) is 24.5 Å². The molecule has 1 aromatic heterocycles. The van der Waals surface area contributed by atoms with Crippen molar-refractivity contribution in [2.75, 3.05) is 0 Å². The van der Waals surface area contributed by atoms with Gasteiger partial charge in [-0.25, -0.2) is 8.78 Å². The maximum atomic E-state index is 13.2. The first-order valence-electron chi connectivity index (χ1n) is 6.59. The van der Waals surface area contributed by atoms with Crippen LogP contribution >= 0.6 is 11.3 Å². The van der Waals surface area contributed by atoms with Crippen LogP contribution < -0.4 is 11.3 Å². The lowest BCUT2D eigenvalue weighted by atomic mass is 10.0. The van der Waals surface area contributed by atoms with Crippen molar-refractivity contribution in [3.8, 4) is 0 Å². The number of hydrazine groups is 1. The van der Waals surface area contributed by atoms with E-state index >= 15 is 0 Å². The Morgan fingerprint density at radius 1 is 1.10 bits per heavy atom. The van der Waals surface area contributed by atoms with Crippen molar-refractivity contribution in [3.63, 3.8) is 0 Å². The zero-order valence-corrected chi connectivity index (χ0v) is 12.1. The smallest absolute Gasteiger partial charge is 0.126 e. The van der Waals surface area contributed by atoms with Gasteiger partial charge >= 0.3 is 0 Å². The van der Waals surface area contributed by atoms with Gasteiger partial charge in [0.15, 0.2) is 0 Å². The molecule has 20 heavy (non-hydrogen) atoms. The quantitative estimate of drug-likeness (QED) is 0.634. The summed E-state index contributed by atoms with van der Waals surface area (Å²) in [6, 6.07) is 7.72. The highest BCUT2D eigenvalue weighted by Gasteiger charge is 2.12. The summed E-state index contributed by atoms with van der Waals surface area (Å²) in [5, 5.41) is 0. The van der Waals surface area contributed by atoms with Crippen LogP contribution in [0.15, 0.2) is 30.3 Å². The lowest BCUT2D eigenvalue weighted by Crippen LogP contribution is -2.38. The molecule has 0 bridgehead atoms. The van der Waals surface area contributed by atoms with E-state index in [0.29, 0.717) is 12.0 Å². The first-order valence-corrected chi connectivity index (χ1v) is 7.41. The van der Waals surface area contributed by atoms with Crippen molar-refractivity contribution >= 4 is 11.3 Å². The van der Waals surface area contributed by atoms with E-state index < -0.39 is 11.6 Å². The van der Waals surface area contributed by atoms with Crippen LogP contribution in [0.4, 0.5) is 8.78 Å². The minimum absolute atomic E-state index is 0.0421. The van der Waals surface area contributed by atoms with E-state index in [1.54, 1.807) is 11.3 Å². The van der Waals surface area contributed by atoms with E-state index in [0.717, 1.165) is 18.9 Å². The molecule has 1 atom stereocenters. The fourth-order valence-electron chi connectivity index (χ4n) is 2.17. The van der Waals surface area contributed by atoms with Gasteiger partial charge in [0.05, 0.1) is 0 Å². The Hall–Kier alpha value is -1.30. The van der Waals surface area contributed by atoms with Gasteiger partial charge in [-0.3, -0.25) is 11.3 Å². The van der Waals surface area contributed by atoms with Gasteiger partial charge in [0, 0.05) is 21.9 Å². The summed E-state index contributed by atoms with van der Waals surface area (Å²) in [5.41, 5.74) is 3.34. The average molecular weight is 296 g/mol. The van der Waals surface area contributed by atoms with Gasteiger partial charge in [0.1, 0.15) is 11.6 Å². The molecule has 1 unspecified atom stereocenters. The third-order valence-corrected chi connectivity index (χ3v) is 4.41. The normalized spacial score (nSPS) is 12.6. The SMILES string of the molecule is CCc1ccc(CC(Cc2cc(F)cc(F)c2)NN)s1. The minimum atomic E-state index is -0.555. The lowest BCUT2D eigenvalue weighted by Gasteiger charge is -2.15. The fraction of sp³-hybridized carbons (Fsp3) is 0.333. The van der Waals surface area contributed by atoms with Crippen LogP contribution in [0, 0.1) is 11.6 Å². The largest absolute Gasteiger partial charge is 0.271 e. The summed E-state index contributed by atoms with van der Waals surface area (Å²) in [5.74, 6) is 4.44. The van der Waals surface area contributed by atoms with Crippen LogP contribution in [0.1, 0.15) is 22.2 Å². The average Bonchev–Trinajstić information content (AvgIpc) is 2.84. The van der Waals surface area contributed by atoms with Crippen LogP contribution in [-0.2, 0) is 19.3 Å². The van der Waals surface area contributed by atoms with Crippen molar-refractivity contribution in [1.82, 2.24) is 5.43 Å². The van der Waals surface area contributed by atoms with Crippen LogP contribution in [0.3, 0.4) is 0 Å². The summed E-state index contributed by atoms with van der Waals surface area (Å²) in [4.78, 5) is 2.55. The Morgan fingerprint density at radius 3 is 2.30 bits per heavy atom. The maximum Gasteiger partial charge on any atom is 0.126 e. The number of halogens is 2. The Kier molecular flexibility index (Phi) is 5.23. The van der Waals surface area contributed by atoms with Crippen molar-refractivity contribution in [1.29, 1.82) is 0 Å². The molecule has 0 saturated heterocycles. The first-order chi connectivity index (χ1) is 9.60. The van der Waals surface area contributed by atoms with Crippen molar-refractivity contribution in [3.05, 3.63) is 57.3 Å². The third kappa shape index (κ3) is 4.10. The number of aryl methyl sites for hydroxylation is 1. The predicted octanol–water partition coefficient (Wildman–Crippen LogP) is 3.21. The lowest BCUT2D eigenvalue weighted by molar-refractivity contribution is 0.519. The Bertz CT molecular complexity index is 549. The van der Waals surface area contributed by atoms with Crippen LogP contribution in [0.5, 0.6) is 0 Å². The zero-order chi connectivity index (χ0) is 14.5. The topological polar surface area (TPSA) is 38.0 Å². The van der Waals surface area contributed by atoms with E-state index in [4.69, 9.17) is 5.84 Å². The first kappa shape index (κ1) is 15.1. The van der Waals surface area contributed by atoms with Crippen molar-refractivity contribution in [2.45, 2.75) is 32.2 Å². The zero-order valence-electron chi connectivity index (χ0n) is 11.3. The summed E-state index contributed by atoms with van der Waals surface area (Å²) >= 11 is 1.75. The van der Waals surface area contributed by atoms with E-state index in [-0.39, 0.29) is 6.04 Å². The number of nitrogens with one attached hydrogen (secondary N) is 1. The Labute approximate surface area is 121 Å². The molecule has 0 saturated carbocycles. The van der Waals surface area contributed by atoms with Gasteiger partial charge in [0.2, 0.25) is 0 Å². The number of rotatable bonds is 6. The number of thiophene rings is 1. The van der Waals surface area contributed by atoms with E-state index in [1.807, 2.05) is 0 Å². The van der Waals surface area contributed by atoms with Crippen molar-refractivity contribution < 1.29 is 8.78 Å². The van der Waals surface area contributed by atoms with Gasteiger partial charge in [-0.05, 0) is 49.1 Å². The van der Waals surface area contributed by atoms with Crippen molar-refractivity contribution in [2.24, 2.45) is 5.84 Å². The van der Waals surface area contributed by atoms with Gasteiger partial charge in [0.25, 0.3) is 0 Å². The van der Waals surface area contributed by atoms with Crippen LogP contribution in [0.2, 0.25) is 0 Å². The molecule has 0 aliphatic carbocycles. The maximum absolute atomic E-state index is 13.2. The second kappa shape index (κ2) is 6.92. The molecule has 0 radical (unpaired) electrons. The Balaban J connectivity index is 2.04. The molecule has 0 aliphatic heterocycles. The second-order valence-electron chi connectivity index (χ2n) is 4.77. The number of nitrogens with two attached hydrogens (primary N) is 1. The number of hydrogen-bond donors (Lipinski definition) is 2. The van der Waals surface area contributed by atoms with E-state index in [9.17, 15) is 8.78 Å². The highest BCUT2D eigenvalue weighted by atomic mass is 32.1. The standard InChI is InChI=1S/C15H18F2N2S/c1-2-14-3-4-15(20-14)9-13(19-18)7-10-5-11(16)8-12(17)6-10/h3-6,8,13,19H,2,7,9,18H2,1H3. The minimum Gasteiger partial charge on any atom is -0.271 e. The molecule has 1 aromatic carbocycles. The molecule has 2 nitrogen and oxygen atoms in total. The van der Waals surface area contributed by atoms with Gasteiger partial charge < -0.3 is 0 Å². The molecular formula is C15H18F2N2S. The molecule has 0 amide bonds. The predicted molar refractivity (Wildman–Crippen MR) is 78.6 cm³/mol. The molecule has 2 rings (SSSR count). The monoisotopic (exact) mass is 296 g/mol. The van der Waals surface area contributed by atoms with Crippen LogP contribution in [0.25, 0.3) is 0 Å². The van der Waals surface area contributed by atoms with Gasteiger partial charge in [-0.2, -0.15) is 0 Å². The highest BCUT2D eigenvalue weighted by Crippen LogP contribution is 2.20. The second-order valence-corrected chi connectivity index (χ2v) is 6.02. The molecule has 1 heterocycles. The highest BCUT2D eigenvalue weighted by molar-refractivity contribution is 7.11. The summed E-state index contributed by atoms with van der Waals surface area (Å²) in [6.07, 6.45) is 2.25. The fourth-order valence-corrected chi connectivity index (χ4v) is 3.21. The third-order valence-electron chi connectivity index (χ3n) is 3.15. The molecule has 2 aromatic rings. The van der Waals surface area contributed by atoms with Gasteiger partial charge in [-0.1, -0.05) is 6.92 Å². The molecule has 0 fully saturated rings. The molecule has 5 heteroatoms. The number of benzene rings is 1. The molecule has 3 N–H and O–H groups in total. The Morgan fingerprint density at radius 2 is 1.75 bits per heavy atom. The van der Waals surface area contributed by atoms with Crippen LogP contribution in [-0.4, -0.2) is 6.04 Å². The number of hydrogen-bond acceptors (Lipinski definition) is 3. The molecular weight excluding hydrogens is 278 g/mol. The summed E-state index contributed by atoms with van der Waals surface area (Å²) < 4.78 is 26.3. The summed E-state index contributed by atoms with van der Waals surface area (Å²) in [7, 11) is 0. The van der Waals surface area contributed by atoms with E-state index in [1.165, 1.54) is 21.9 Å².